The van der Waals surface area contributed by atoms with Gasteiger partial charge in [0.05, 0.1) is 13.5 Å². The molecule has 0 spiro atoms. The number of ether oxygens (including phenoxy) is 1. The molecule has 1 atom stereocenters. The number of unbranched alkanes of at least 4 members (excludes halogenated alkanes) is 1. The van der Waals surface area contributed by atoms with Crippen molar-refractivity contribution in [3.63, 3.8) is 0 Å². The van der Waals surface area contributed by atoms with Crippen LogP contribution in [0.5, 0.6) is 0 Å². The van der Waals surface area contributed by atoms with Crippen molar-refractivity contribution >= 4 is 22.1 Å². The number of nitrogens with one attached hydrogen (secondary N) is 1. The second-order valence-electron chi connectivity index (χ2n) is 4.30. The van der Waals surface area contributed by atoms with E-state index < -0.39 is 28.2 Å². The van der Waals surface area contributed by atoms with Crippen LogP contribution in [0, 0.1) is 0 Å². The summed E-state index contributed by atoms with van der Waals surface area (Å²) < 4.78 is 31.2. The quantitative estimate of drug-likeness (QED) is 0.547. The first-order chi connectivity index (χ1) is 9.24. The smallest absolute Gasteiger partial charge is 0.321 e. The molecule has 0 aromatic carbocycles. The van der Waals surface area contributed by atoms with Crippen LogP contribution in [0.25, 0.3) is 0 Å². The maximum atomic E-state index is 11.9. The Bertz CT molecular complexity index is 423. The Kier molecular flexibility index (Phi) is 8.35. The molecule has 118 valence electrons. The molecule has 9 heteroatoms. The monoisotopic (exact) mass is 310 g/mol. The fraction of sp³-hybridized carbons (Fsp3) is 0.818. The number of carbonyl (C=O) groups excluding carboxylic acids is 1. The van der Waals surface area contributed by atoms with Crippen LogP contribution >= 0.6 is 0 Å². The van der Waals surface area contributed by atoms with Crippen LogP contribution in [0.3, 0.4) is 0 Å². The first-order valence-corrected chi connectivity index (χ1v) is 7.71. The summed E-state index contributed by atoms with van der Waals surface area (Å²) in [5, 5.41) is 8.98. The number of aliphatic carboxylic acids is 1. The van der Waals surface area contributed by atoms with Gasteiger partial charge < -0.3 is 9.84 Å². The minimum absolute atomic E-state index is 0.0812. The van der Waals surface area contributed by atoms with Crippen molar-refractivity contribution in [1.82, 2.24) is 9.03 Å². The van der Waals surface area contributed by atoms with Gasteiger partial charge in [0.25, 0.3) is 10.2 Å². The second kappa shape index (κ2) is 8.88. The van der Waals surface area contributed by atoms with Gasteiger partial charge in [-0.3, -0.25) is 9.59 Å². The summed E-state index contributed by atoms with van der Waals surface area (Å²) in [6.07, 6.45) is 1.49. The lowest BCUT2D eigenvalue weighted by Gasteiger charge is -2.20. The third-order valence-electron chi connectivity index (χ3n) is 2.70. The van der Waals surface area contributed by atoms with Gasteiger partial charge in [-0.15, -0.1) is 0 Å². The second-order valence-corrected chi connectivity index (χ2v) is 6.11. The summed E-state index contributed by atoms with van der Waals surface area (Å²) in [5.41, 5.74) is 0. The van der Waals surface area contributed by atoms with E-state index in [9.17, 15) is 18.0 Å². The first-order valence-electron chi connectivity index (χ1n) is 6.27. The molecular formula is C11H22N2O6S. The van der Waals surface area contributed by atoms with Crippen molar-refractivity contribution in [1.29, 1.82) is 0 Å². The predicted molar refractivity (Wildman–Crippen MR) is 72.3 cm³/mol. The van der Waals surface area contributed by atoms with Gasteiger partial charge in [0, 0.05) is 13.6 Å². The number of hydrogen-bond donors (Lipinski definition) is 2. The van der Waals surface area contributed by atoms with E-state index in [0.717, 1.165) is 10.7 Å². The molecular weight excluding hydrogens is 288 g/mol. The fourth-order valence-electron chi connectivity index (χ4n) is 1.38. The molecule has 0 radical (unpaired) electrons. The van der Waals surface area contributed by atoms with Gasteiger partial charge in [-0.25, -0.2) is 0 Å². The van der Waals surface area contributed by atoms with Gasteiger partial charge in [-0.2, -0.15) is 17.4 Å². The molecule has 0 saturated carbocycles. The van der Waals surface area contributed by atoms with E-state index >= 15 is 0 Å². The van der Waals surface area contributed by atoms with Crippen molar-refractivity contribution in [3.05, 3.63) is 0 Å². The van der Waals surface area contributed by atoms with Crippen molar-refractivity contribution in [2.45, 2.75) is 38.6 Å². The summed E-state index contributed by atoms with van der Waals surface area (Å²) in [6.45, 7) is 1.80. The molecule has 1 unspecified atom stereocenters. The molecule has 0 aromatic heterocycles. The van der Waals surface area contributed by atoms with Gasteiger partial charge >= 0.3 is 11.9 Å². The summed E-state index contributed by atoms with van der Waals surface area (Å²) in [6, 6.07) is -1.17. The third kappa shape index (κ3) is 6.83. The minimum Gasteiger partial charge on any atom is -0.480 e. The largest absolute Gasteiger partial charge is 0.480 e. The molecule has 0 bridgehead atoms. The van der Waals surface area contributed by atoms with Gasteiger partial charge in [-0.1, -0.05) is 19.8 Å². The van der Waals surface area contributed by atoms with E-state index in [1.807, 2.05) is 6.92 Å². The van der Waals surface area contributed by atoms with Crippen LogP contribution < -0.4 is 4.72 Å². The normalized spacial score (nSPS) is 13.2. The Labute approximate surface area is 119 Å². The number of carbonyl (C=O) groups is 2. The molecule has 8 nitrogen and oxygen atoms in total. The first kappa shape index (κ1) is 18.8. The zero-order valence-corrected chi connectivity index (χ0v) is 12.8. The van der Waals surface area contributed by atoms with Crippen molar-refractivity contribution < 1.29 is 27.9 Å². The Hall–Kier alpha value is -1.19. The lowest BCUT2D eigenvalue weighted by molar-refractivity contribution is -0.141. The molecule has 2 N–H and O–H groups in total. The number of rotatable bonds is 10. The maximum Gasteiger partial charge on any atom is 0.321 e. The highest BCUT2D eigenvalue weighted by atomic mass is 32.2. The highest BCUT2D eigenvalue weighted by Crippen LogP contribution is 2.05. The topological polar surface area (TPSA) is 113 Å². The average Bonchev–Trinajstić information content (AvgIpc) is 2.39. The van der Waals surface area contributed by atoms with E-state index in [1.54, 1.807) is 0 Å². The minimum atomic E-state index is -3.94. The van der Waals surface area contributed by atoms with Crippen LogP contribution in [-0.4, -0.2) is 56.5 Å². The van der Waals surface area contributed by atoms with E-state index in [4.69, 9.17) is 5.11 Å². The number of esters is 1. The Morgan fingerprint density at radius 1 is 1.40 bits per heavy atom. The molecule has 0 rings (SSSR count). The molecule has 0 aliphatic rings. The number of carboxylic acid groups (broad SMARTS) is 1. The summed E-state index contributed by atoms with van der Waals surface area (Å²) in [4.78, 5) is 22.0. The van der Waals surface area contributed by atoms with Crippen molar-refractivity contribution in [2.24, 2.45) is 0 Å². The molecule has 0 fully saturated rings. The van der Waals surface area contributed by atoms with Crippen molar-refractivity contribution in [3.8, 4) is 0 Å². The molecule has 0 aliphatic heterocycles. The van der Waals surface area contributed by atoms with Gasteiger partial charge in [0.1, 0.15) is 6.04 Å². The number of carboxylic acids is 1. The van der Waals surface area contributed by atoms with Crippen LogP contribution in [0.4, 0.5) is 0 Å². The molecule has 0 saturated heterocycles. The van der Waals surface area contributed by atoms with Crippen LogP contribution in [-0.2, 0) is 24.5 Å². The van der Waals surface area contributed by atoms with Crippen molar-refractivity contribution in [2.75, 3.05) is 20.7 Å². The Morgan fingerprint density at radius 3 is 2.45 bits per heavy atom. The molecule has 0 amide bonds. The van der Waals surface area contributed by atoms with Crippen LogP contribution in [0.1, 0.15) is 32.6 Å². The standard InChI is InChI=1S/C11H22N2O6S/c1-4-5-6-9(11(15)16)12-20(17,18)13(2)8-7-10(14)19-3/h9,12H,4-8H2,1-3H3,(H,15,16). The lowest BCUT2D eigenvalue weighted by Crippen LogP contribution is -2.47. The molecule has 0 aromatic rings. The zero-order valence-electron chi connectivity index (χ0n) is 12.0. The van der Waals surface area contributed by atoms with Gasteiger partial charge in [-0.05, 0) is 6.42 Å². The molecule has 20 heavy (non-hydrogen) atoms. The Morgan fingerprint density at radius 2 is 2.00 bits per heavy atom. The van der Waals surface area contributed by atoms with E-state index in [-0.39, 0.29) is 19.4 Å². The average molecular weight is 310 g/mol. The maximum absolute atomic E-state index is 11.9. The zero-order chi connectivity index (χ0) is 15.8. The highest BCUT2D eigenvalue weighted by Gasteiger charge is 2.26. The summed E-state index contributed by atoms with van der Waals surface area (Å²) >= 11 is 0. The number of methoxy groups -OCH3 is 1. The van der Waals surface area contributed by atoms with E-state index in [0.29, 0.717) is 6.42 Å². The fourth-order valence-corrected chi connectivity index (χ4v) is 2.47. The highest BCUT2D eigenvalue weighted by molar-refractivity contribution is 7.87. The third-order valence-corrected chi connectivity index (χ3v) is 4.29. The number of nitrogens with zero attached hydrogens (tertiary/aromatic N) is 1. The van der Waals surface area contributed by atoms with Gasteiger partial charge in [0.2, 0.25) is 0 Å². The molecule has 0 heterocycles. The Balaban J connectivity index is 4.60. The van der Waals surface area contributed by atoms with Gasteiger partial charge in [0.15, 0.2) is 0 Å². The van der Waals surface area contributed by atoms with Crippen LogP contribution in [0.15, 0.2) is 0 Å². The lowest BCUT2D eigenvalue weighted by atomic mass is 10.1. The summed E-state index contributed by atoms with van der Waals surface area (Å²) in [7, 11) is -1.47. The predicted octanol–water partition coefficient (Wildman–Crippen LogP) is -0.0409. The SMILES string of the molecule is CCCCC(NS(=O)(=O)N(C)CCC(=O)OC)C(=O)O. The van der Waals surface area contributed by atoms with E-state index in [1.165, 1.54) is 14.2 Å². The number of hydrogen-bond acceptors (Lipinski definition) is 5. The summed E-state index contributed by atoms with van der Waals surface area (Å²) in [5.74, 6) is -1.75. The van der Waals surface area contributed by atoms with Crippen LogP contribution in [0.2, 0.25) is 0 Å². The molecule has 0 aliphatic carbocycles. The van der Waals surface area contributed by atoms with E-state index in [2.05, 4.69) is 9.46 Å².